The summed E-state index contributed by atoms with van der Waals surface area (Å²) in [6.45, 7) is 0.562. The first kappa shape index (κ1) is 13.1. The monoisotopic (exact) mass is 274 g/mol. The van der Waals surface area contributed by atoms with Crippen molar-refractivity contribution in [2.45, 2.75) is 31.7 Å². The second-order valence-corrected chi connectivity index (χ2v) is 5.38. The molecular formula is C15H18N2O3. The van der Waals surface area contributed by atoms with Gasteiger partial charge in [0.05, 0.1) is 23.6 Å². The Labute approximate surface area is 116 Å². The quantitative estimate of drug-likeness (QED) is 0.894. The van der Waals surface area contributed by atoms with Crippen molar-refractivity contribution in [1.29, 1.82) is 0 Å². The molecule has 1 aliphatic carbocycles. The minimum Gasteiger partial charge on any atom is -0.481 e. The SMILES string of the molecule is O=C(O)C1CCC(c2nc3ccccc3n2CCO)C1. The van der Waals surface area contributed by atoms with E-state index >= 15 is 0 Å². The third kappa shape index (κ3) is 2.18. The molecule has 5 heteroatoms. The molecule has 1 aliphatic rings. The van der Waals surface area contributed by atoms with Gasteiger partial charge >= 0.3 is 5.97 Å². The molecule has 0 saturated heterocycles. The van der Waals surface area contributed by atoms with Crippen LogP contribution in [0.2, 0.25) is 0 Å². The van der Waals surface area contributed by atoms with Crippen LogP contribution in [-0.4, -0.2) is 32.3 Å². The summed E-state index contributed by atoms with van der Waals surface area (Å²) in [4.78, 5) is 15.8. The zero-order valence-corrected chi connectivity index (χ0v) is 11.2. The number of para-hydroxylation sites is 2. The van der Waals surface area contributed by atoms with E-state index in [1.54, 1.807) is 0 Å². The molecule has 1 aromatic carbocycles. The lowest BCUT2D eigenvalue weighted by atomic mass is 10.0. The molecule has 0 radical (unpaired) electrons. The molecule has 20 heavy (non-hydrogen) atoms. The highest BCUT2D eigenvalue weighted by Gasteiger charge is 2.33. The van der Waals surface area contributed by atoms with E-state index < -0.39 is 5.97 Å². The molecule has 0 spiro atoms. The minimum atomic E-state index is -0.711. The van der Waals surface area contributed by atoms with Gasteiger partial charge in [0, 0.05) is 12.5 Å². The van der Waals surface area contributed by atoms with Gasteiger partial charge in [-0.2, -0.15) is 0 Å². The fraction of sp³-hybridized carbons (Fsp3) is 0.467. The van der Waals surface area contributed by atoms with Crippen LogP contribution in [0.5, 0.6) is 0 Å². The summed E-state index contributed by atoms with van der Waals surface area (Å²) in [5.74, 6) is 0.124. The first-order valence-electron chi connectivity index (χ1n) is 6.99. The van der Waals surface area contributed by atoms with Gasteiger partial charge in [-0.3, -0.25) is 4.79 Å². The Hall–Kier alpha value is -1.88. The number of imidazole rings is 1. The van der Waals surface area contributed by atoms with Crippen molar-refractivity contribution in [2.75, 3.05) is 6.61 Å². The lowest BCUT2D eigenvalue weighted by Crippen LogP contribution is -2.12. The van der Waals surface area contributed by atoms with Gasteiger partial charge < -0.3 is 14.8 Å². The number of fused-ring (bicyclic) bond motifs is 1. The number of hydrogen-bond acceptors (Lipinski definition) is 3. The summed E-state index contributed by atoms with van der Waals surface area (Å²) in [5.41, 5.74) is 1.92. The van der Waals surface area contributed by atoms with Gasteiger partial charge in [-0.25, -0.2) is 4.98 Å². The molecular weight excluding hydrogens is 256 g/mol. The lowest BCUT2D eigenvalue weighted by Gasteiger charge is -2.12. The smallest absolute Gasteiger partial charge is 0.306 e. The molecule has 1 aromatic heterocycles. The van der Waals surface area contributed by atoms with Crippen LogP contribution in [0.25, 0.3) is 11.0 Å². The summed E-state index contributed by atoms with van der Waals surface area (Å²) >= 11 is 0. The Kier molecular flexibility index (Phi) is 3.44. The van der Waals surface area contributed by atoms with Crippen LogP contribution in [-0.2, 0) is 11.3 Å². The maximum absolute atomic E-state index is 11.1. The Morgan fingerprint density at radius 3 is 2.85 bits per heavy atom. The average molecular weight is 274 g/mol. The Morgan fingerprint density at radius 1 is 1.35 bits per heavy atom. The molecule has 0 aliphatic heterocycles. The van der Waals surface area contributed by atoms with Crippen molar-refractivity contribution in [1.82, 2.24) is 9.55 Å². The minimum absolute atomic E-state index is 0.0580. The zero-order chi connectivity index (χ0) is 14.1. The number of carboxylic acid groups (broad SMARTS) is 1. The lowest BCUT2D eigenvalue weighted by molar-refractivity contribution is -0.141. The Balaban J connectivity index is 1.98. The van der Waals surface area contributed by atoms with E-state index in [1.165, 1.54) is 0 Å². The maximum Gasteiger partial charge on any atom is 0.306 e. The predicted octanol–water partition coefficient (Wildman–Crippen LogP) is 2.00. The topological polar surface area (TPSA) is 75.3 Å². The fourth-order valence-corrected chi connectivity index (χ4v) is 3.18. The van der Waals surface area contributed by atoms with Crippen LogP contribution in [0.15, 0.2) is 24.3 Å². The second kappa shape index (κ2) is 5.25. The molecule has 0 bridgehead atoms. The average Bonchev–Trinajstić information content (AvgIpc) is 3.04. The fourth-order valence-electron chi connectivity index (χ4n) is 3.18. The molecule has 2 aromatic rings. The normalized spacial score (nSPS) is 22.4. The number of aliphatic hydroxyl groups is 1. The van der Waals surface area contributed by atoms with E-state index in [9.17, 15) is 9.90 Å². The van der Waals surface area contributed by atoms with E-state index in [0.717, 1.165) is 23.3 Å². The van der Waals surface area contributed by atoms with Crippen LogP contribution < -0.4 is 0 Å². The third-order valence-corrected chi connectivity index (χ3v) is 4.15. The number of rotatable bonds is 4. The van der Waals surface area contributed by atoms with Crippen molar-refractivity contribution >= 4 is 17.0 Å². The number of aliphatic hydroxyl groups excluding tert-OH is 1. The molecule has 1 heterocycles. The number of nitrogens with zero attached hydrogens (tertiary/aromatic N) is 2. The van der Waals surface area contributed by atoms with Crippen LogP contribution >= 0.6 is 0 Å². The molecule has 3 rings (SSSR count). The van der Waals surface area contributed by atoms with Gasteiger partial charge in [0.15, 0.2) is 0 Å². The zero-order valence-electron chi connectivity index (χ0n) is 11.2. The van der Waals surface area contributed by atoms with Gasteiger partial charge in [-0.05, 0) is 31.4 Å². The van der Waals surface area contributed by atoms with E-state index in [4.69, 9.17) is 5.11 Å². The first-order chi connectivity index (χ1) is 9.70. The molecule has 1 fully saturated rings. The van der Waals surface area contributed by atoms with Gasteiger partial charge in [0.2, 0.25) is 0 Å². The van der Waals surface area contributed by atoms with Gasteiger partial charge in [-0.15, -0.1) is 0 Å². The van der Waals surface area contributed by atoms with Crippen LogP contribution in [0.3, 0.4) is 0 Å². The molecule has 2 atom stereocenters. The van der Waals surface area contributed by atoms with Gasteiger partial charge in [-0.1, -0.05) is 12.1 Å². The van der Waals surface area contributed by atoms with Gasteiger partial charge in [0.1, 0.15) is 5.82 Å². The third-order valence-electron chi connectivity index (χ3n) is 4.15. The van der Waals surface area contributed by atoms with Crippen molar-refractivity contribution < 1.29 is 15.0 Å². The van der Waals surface area contributed by atoms with Crippen LogP contribution in [0.1, 0.15) is 31.0 Å². The molecule has 106 valence electrons. The van der Waals surface area contributed by atoms with E-state index in [0.29, 0.717) is 19.4 Å². The van der Waals surface area contributed by atoms with Gasteiger partial charge in [0.25, 0.3) is 0 Å². The molecule has 2 unspecified atom stereocenters. The highest BCUT2D eigenvalue weighted by Crippen LogP contribution is 2.38. The highest BCUT2D eigenvalue weighted by atomic mass is 16.4. The number of carbonyl (C=O) groups is 1. The summed E-state index contributed by atoms with van der Waals surface area (Å²) in [6, 6.07) is 7.84. The molecule has 5 nitrogen and oxygen atoms in total. The van der Waals surface area contributed by atoms with Crippen molar-refractivity contribution in [3.8, 4) is 0 Å². The van der Waals surface area contributed by atoms with Crippen molar-refractivity contribution in [2.24, 2.45) is 5.92 Å². The molecule has 0 amide bonds. The highest BCUT2D eigenvalue weighted by molar-refractivity contribution is 5.76. The van der Waals surface area contributed by atoms with E-state index in [2.05, 4.69) is 4.98 Å². The van der Waals surface area contributed by atoms with Crippen molar-refractivity contribution in [3.05, 3.63) is 30.1 Å². The summed E-state index contributed by atoms with van der Waals surface area (Å²) in [7, 11) is 0. The van der Waals surface area contributed by atoms with Crippen LogP contribution in [0, 0.1) is 5.92 Å². The van der Waals surface area contributed by atoms with Crippen molar-refractivity contribution in [3.63, 3.8) is 0 Å². The Bertz CT molecular complexity index is 635. The number of hydrogen-bond donors (Lipinski definition) is 2. The summed E-state index contributed by atoms with van der Waals surface area (Å²) < 4.78 is 2.03. The molecule has 2 N–H and O–H groups in total. The second-order valence-electron chi connectivity index (χ2n) is 5.38. The predicted molar refractivity (Wildman–Crippen MR) is 74.5 cm³/mol. The number of carboxylic acids is 1. The van der Waals surface area contributed by atoms with E-state index in [-0.39, 0.29) is 18.4 Å². The summed E-state index contributed by atoms with van der Waals surface area (Å²) in [6.07, 6.45) is 2.21. The van der Waals surface area contributed by atoms with E-state index in [1.807, 2.05) is 28.8 Å². The number of aromatic nitrogens is 2. The standard InChI is InChI=1S/C15H18N2O3/c18-8-7-17-13-4-2-1-3-12(13)16-14(17)10-5-6-11(9-10)15(19)20/h1-4,10-11,18H,5-9H2,(H,19,20). The number of benzene rings is 1. The number of aliphatic carboxylic acids is 1. The molecule has 1 saturated carbocycles. The largest absolute Gasteiger partial charge is 0.481 e. The first-order valence-corrected chi connectivity index (χ1v) is 6.99. The summed E-state index contributed by atoms with van der Waals surface area (Å²) in [5, 5.41) is 18.4. The maximum atomic E-state index is 11.1. The van der Waals surface area contributed by atoms with Crippen LogP contribution in [0.4, 0.5) is 0 Å². The Morgan fingerprint density at radius 2 is 2.15 bits per heavy atom.